The number of nitriles is 1. The molecular weight excluding hydrogens is 245 g/mol. The first kappa shape index (κ1) is 13.5. The summed E-state index contributed by atoms with van der Waals surface area (Å²) < 4.78 is 37.8. The number of hydrogen-bond donors (Lipinski definition) is 0. The zero-order valence-electron chi connectivity index (χ0n) is 9.46. The fraction of sp³-hybridized carbons (Fsp3) is 0.400. The SMILES string of the molecule is CC(C#N)CN(C)S(=O)(=O)c1cncc(F)c1. The van der Waals surface area contributed by atoms with E-state index in [4.69, 9.17) is 5.26 Å². The van der Waals surface area contributed by atoms with E-state index in [1.165, 1.54) is 7.05 Å². The summed E-state index contributed by atoms with van der Waals surface area (Å²) in [4.78, 5) is 3.27. The summed E-state index contributed by atoms with van der Waals surface area (Å²) >= 11 is 0. The third-order valence-corrected chi connectivity index (χ3v) is 3.93. The van der Waals surface area contributed by atoms with E-state index >= 15 is 0 Å². The van der Waals surface area contributed by atoms with Gasteiger partial charge in [0.2, 0.25) is 10.0 Å². The minimum atomic E-state index is -3.79. The monoisotopic (exact) mass is 257 g/mol. The molecule has 0 radical (unpaired) electrons. The molecule has 1 aromatic heterocycles. The second-order valence-corrected chi connectivity index (χ2v) is 5.70. The summed E-state index contributed by atoms with van der Waals surface area (Å²) in [5.41, 5.74) is 0. The van der Waals surface area contributed by atoms with Crippen molar-refractivity contribution >= 4 is 10.0 Å². The fourth-order valence-electron chi connectivity index (χ4n) is 1.24. The largest absolute Gasteiger partial charge is 0.260 e. The van der Waals surface area contributed by atoms with Crippen LogP contribution in [0.5, 0.6) is 0 Å². The van der Waals surface area contributed by atoms with Crippen molar-refractivity contribution in [2.24, 2.45) is 5.92 Å². The fourth-order valence-corrected chi connectivity index (χ4v) is 2.47. The molecule has 17 heavy (non-hydrogen) atoms. The minimum absolute atomic E-state index is 0.0509. The maximum atomic E-state index is 12.9. The van der Waals surface area contributed by atoms with Crippen molar-refractivity contribution in [3.63, 3.8) is 0 Å². The molecule has 0 aliphatic rings. The number of pyridine rings is 1. The van der Waals surface area contributed by atoms with Crippen LogP contribution in [0.15, 0.2) is 23.4 Å². The van der Waals surface area contributed by atoms with E-state index in [1.807, 2.05) is 6.07 Å². The number of sulfonamides is 1. The lowest BCUT2D eigenvalue weighted by molar-refractivity contribution is 0.438. The van der Waals surface area contributed by atoms with Crippen molar-refractivity contribution in [1.29, 1.82) is 5.26 Å². The van der Waals surface area contributed by atoms with Crippen molar-refractivity contribution < 1.29 is 12.8 Å². The Kier molecular flexibility index (Phi) is 4.15. The molecule has 92 valence electrons. The molecule has 0 saturated carbocycles. The first-order valence-corrected chi connectivity index (χ1v) is 6.28. The van der Waals surface area contributed by atoms with Crippen LogP contribution in [0.4, 0.5) is 4.39 Å². The second kappa shape index (κ2) is 5.21. The number of rotatable bonds is 4. The normalized spacial score (nSPS) is 13.4. The van der Waals surface area contributed by atoms with Crippen molar-refractivity contribution in [3.8, 4) is 6.07 Å². The van der Waals surface area contributed by atoms with Gasteiger partial charge >= 0.3 is 0 Å². The van der Waals surface area contributed by atoms with Gasteiger partial charge in [0.05, 0.1) is 18.2 Å². The van der Waals surface area contributed by atoms with E-state index in [9.17, 15) is 12.8 Å². The summed E-state index contributed by atoms with van der Waals surface area (Å²) in [6.45, 7) is 1.66. The molecule has 5 nitrogen and oxygen atoms in total. The third-order valence-electron chi connectivity index (χ3n) is 2.14. The summed E-state index contributed by atoms with van der Waals surface area (Å²) in [6.07, 6.45) is 2.00. The Balaban J connectivity index is 3.00. The Morgan fingerprint density at radius 3 is 2.76 bits per heavy atom. The van der Waals surface area contributed by atoms with Crippen LogP contribution in [0.2, 0.25) is 0 Å². The molecule has 0 aromatic carbocycles. The molecule has 0 saturated heterocycles. The van der Waals surface area contributed by atoms with Gasteiger partial charge in [0.15, 0.2) is 0 Å². The highest BCUT2D eigenvalue weighted by Crippen LogP contribution is 2.15. The molecule has 1 heterocycles. The highest BCUT2D eigenvalue weighted by molar-refractivity contribution is 7.89. The van der Waals surface area contributed by atoms with E-state index in [0.29, 0.717) is 0 Å². The average molecular weight is 257 g/mol. The second-order valence-electron chi connectivity index (χ2n) is 3.65. The topological polar surface area (TPSA) is 74.1 Å². The number of halogens is 1. The van der Waals surface area contributed by atoms with Crippen molar-refractivity contribution in [3.05, 3.63) is 24.3 Å². The molecule has 1 aromatic rings. The first-order chi connectivity index (χ1) is 7.87. The maximum Gasteiger partial charge on any atom is 0.244 e. The van der Waals surface area contributed by atoms with E-state index in [0.717, 1.165) is 22.8 Å². The van der Waals surface area contributed by atoms with Crippen LogP contribution in [0.3, 0.4) is 0 Å². The molecule has 0 fully saturated rings. The highest BCUT2D eigenvalue weighted by Gasteiger charge is 2.23. The Labute approximate surface area is 99.6 Å². The molecular formula is C10H12FN3O2S. The molecule has 0 N–H and O–H groups in total. The van der Waals surface area contributed by atoms with Gasteiger partial charge in [-0.15, -0.1) is 0 Å². The lowest BCUT2D eigenvalue weighted by atomic mass is 10.2. The Bertz CT molecular complexity index is 539. The van der Waals surface area contributed by atoms with Gasteiger partial charge in [-0.3, -0.25) is 4.98 Å². The summed E-state index contributed by atoms with van der Waals surface area (Å²) in [7, 11) is -2.45. The smallest absolute Gasteiger partial charge is 0.244 e. The summed E-state index contributed by atoms with van der Waals surface area (Å²) in [6, 6.07) is 2.83. The Hall–Kier alpha value is -1.52. The zero-order valence-corrected chi connectivity index (χ0v) is 10.3. The van der Waals surface area contributed by atoms with Crippen molar-refractivity contribution in [2.45, 2.75) is 11.8 Å². The summed E-state index contributed by atoms with van der Waals surface area (Å²) in [5.74, 6) is -1.15. The van der Waals surface area contributed by atoms with Crippen LogP contribution in [0.1, 0.15) is 6.92 Å². The standard InChI is InChI=1S/C10H12FN3O2S/c1-8(4-12)7-14(2)17(15,16)10-3-9(11)5-13-6-10/h3,5-6,8H,7H2,1-2H3. The van der Waals surface area contributed by atoms with E-state index in [1.54, 1.807) is 6.92 Å². The molecule has 0 aliphatic carbocycles. The van der Waals surface area contributed by atoms with Gasteiger partial charge in [0.25, 0.3) is 0 Å². The molecule has 1 unspecified atom stereocenters. The number of hydrogen-bond acceptors (Lipinski definition) is 4. The zero-order chi connectivity index (χ0) is 13.1. The molecule has 0 amide bonds. The molecule has 0 bridgehead atoms. The van der Waals surface area contributed by atoms with Crippen LogP contribution < -0.4 is 0 Å². The summed E-state index contributed by atoms with van der Waals surface area (Å²) in [5, 5.41) is 8.62. The Morgan fingerprint density at radius 2 is 2.24 bits per heavy atom. The number of aromatic nitrogens is 1. The van der Waals surface area contributed by atoms with E-state index < -0.39 is 21.8 Å². The lowest BCUT2D eigenvalue weighted by Crippen LogP contribution is -2.30. The Morgan fingerprint density at radius 1 is 1.59 bits per heavy atom. The molecule has 0 spiro atoms. The van der Waals surface area contributed by atoms with Crippen LogP contribution in [0, 0.1) is 23.1 Å². The molecule has 1 atom stereocenters. The van der Waals surface area contributed by atoms with Gasteiger partial charge in [-0.05, 0) is 13.0 Å². The lowest BCUT2D eigenvalue weighted by Gasteiger charge is -2.17. The molecule has 1 rings (SSSR count). The predicted molar refractivity (Wildman–Crippen MR) is 58.8 cm³/mol. The van der Waals surface area contributed by atoms with Crippen LogP contribution in [-0.2, 0) is 10.0 Å². The molecule has 7 heteroatoms. The van der Waals surface area contributed by atoms with Gasteiger partial charge < -0.3 is 0 Å². The van der Waals surface area contributed by atoms with Crippen LogP contribution in [0.25, 0.3) is 0 Å². The quantitative estimate of drug-likeness (QED) is 0.806. The first-order valence-electron chi connectivity index (χ1n) is 4.84. The maximum absolute atomic E-state index is 12.9. The predicted octanol–water partition coefficient (Wildman–Crippen LogP) is 1.00. The van der Waals surface area contributed by atoms with Gasteiger partial charge in [-0.2, -0.15) is 9.57 Å². The van der Waals surface area contributed by atoms with Gasteiger partial charge in [0, 0.05) is 19.8 Å². The van der Waals surface area contributed by atoms with Gasteiger partial charge in [-0.25, -0.2) is 12.8 Å². The number of nitrogens with zero attached hydrogens (tertiary/aromatic N) is 3. The van der Waals surface area contributed by atoms with Crippen molar-refractivity contribution in [2.75, 3.05) is 13.6 Å². The third kappa shape index (κ3) is 3.22. The van der Waals surface area contributed by atoms with Crippen LogP contribution in [-0.4, -0.2) is 31.3 Å². The van der Waals surface area contributed by atoms with E-state index in [2.05, 4.69) is 4.98 Å². The van der Waals surface area contributed by atoms with E-state index in [-0.39, 0.29) is 11.4 Å². The van der Waals surface area contributed by atoms with Gasteiger partial charge in [0.1, 0.15) is 10.7 Å². The molecule has 0 aliphatic heterocycles. The average Bonchev–Trinajstić information content (AvgIpc) is 2.28. The highest BCUT2D eigenvalue weighted by atomic mass is 32.2. The van der Waals surface area contributed by atoms with Crippen molar-refractivity contribution in [1.82, 2.24) is 9.29 Å². The minimum Gasteiger partial charge on any atom is -0.260 e. The van der Waals surface area contributed by atoms with Gasteiger partial charge in [-0.1, -0.05) is 0 Å². The van der Waals surface area contributed by atoms with Crippen LogP contribution >= 0.6 is 0 Å².